The number of carbonyl (C=O) groups is 2. The van der Waals surface area contributed by atoms with E-state index in [0.29, 0.717) is 19.4 Å². The minimum Gasteiger partial charge on any atom is -0.481 e. The zero-order chi connectivity index (χ0) is 11.6. The standard InChI is InChI=1S/C12H19NO3/c14-10(9-4-1-2-5-9)13-8-12(11(15)16)6-3-7-12/h9H,1-8H2,(H,13,14)(H,15,16). The van der Waals surface area contributed by atoms with Crippen molar-refractivity contribution in [2.24, 2.45) is 11.3 Å². The van der Waals surface area contributed by atoms with Gasteiger partial charge in [0.05, 0.1) is 5.41 Å². The molecule has 4 heteroatoms. The molecule has 2 N–H and O–H groups in total. The molecular weight excluding hydrogens is 206 g/mol. The van der Waals surface area contributed by atoms with Gasteiger partial charge in [0.15, 0.2) is 0 Å². The zero-order valence-corrected chi connectivity index (χ0v) is 9.50. The van der Waals surface area contributed by atoms with Crippen LogP contribution in [0.5, 0.6) is 0 Å². The largest absolute Gasteiger partial charge is 0.481 e. The first-order chi connectivity index (χ1) is 7.64. The van der Waals surface area contributed by atoms with Gasteiger partial charge >= 0.3 is 5.97 Å². The quantitative estimate of drug-likeness (QED) is 0.762. The third-order valence-corrected chi connectivity index (χ3v) is 4.09. The van der Waals surface area contributed by atoms with Crippen molar-refractivity contribution in [2.45, 2.75) is 44.9 Å². The molecule has 2 saturated carbocycles. The Morgan fingerprint density at radius 2 is 1.81 bits per heavy atom. The third kappa shape index (κ3) is 2.06. The number of carboxylic acid groups (broad SMARTS) is 1. The van der Waals surface area contributed by atoms with E-state index < -0.39 is 11.4 Å². The molecule has 0 spiro atoms. The number of amides is 1. The van der Waals surface area contributed by atoms with Crippen molar-refractivity contribution in [3.05, 3.63) is 0 Å². The van der Waals surface area contributed by atoms with E-state index in [1.54, 1.807) is 0 Å². The Morgan fingerprint density at radius 1 is 1.19 bits per heavy atom. The number of hydrogen-bond donors (Lipinski definition) is 2. The van der Waals surface area contributed by atoms with Crippen molar-refractivity contribution in [1.82, 2.24) is 5.32 Å². The molecule has 0 atom stereocenters. The second-order valence-electron chi connectivity index (χ2n) is 5.14. The van der Waals surface area contributed by atoms with Gasteiger partial charge in [-0.2, -0.15) is 0 Å². The van der Waals surface area contributed by atoms with Gasteiger partial charge in [-0.1, -0.05) is 19.3 Å². The number of rotatable bonds is 4. The maximum Gasteiger partial charge on any atom is 0.311 e. The lowest BCUT2D eigenvalue weighted by Gasteiger charge is -2.37. The summed E-state index contributed by atoms with van der Waals surface area (Å²) in [5, 5.41) is 11.9. The van der Waals surface area contributed by atoms with E-state index >= 15 is 0 Å². The lowest BCUT2D eigenvalue weighted by molar-refractivity contribution is -0.154. The molecule has 0 unspecified atom stereocenters. The fraction of sp³-hybridized carbons (Fsp3) is 0.833. The first kappa shape index (κ1) is 11.4. The average Bonchev–Trinajstić information content (AvgIpc) is 2.67. The highest BCUT2D eigenvalue weighted by Gasteiger charge is 2.44. The summed E-state index contributed by atoms with van der Waals surface area (Å²) in [6, 6.07) is 0. The van der Waals surface area contributed by atoms with Crippen molar-refractivity contribution >= 4 is 11.9 Å². The Labute approximate surface area is 95.4 Å². The van der Waals surface area contributed by atoms with E-state index in [1.807, 2.05) is 0 Å². The van der Waals surface area contributed by atoms with Crippen LogP contribution in [0.2, 0.25) is 0 Å². The summed E-state index contributed by atoms with van der Waals surface area (Å²) in [4.78, 5) is 22.8. The Morgan fingerprint density at radius 3 is 2.25 bits per heavy atom. The van der Waals surface area contributed by atoms with Gasteiger partial charge < -0.3 is 10.4 Å². The fourth-order valence-corrected chi connectivity index (χ4v) is 2.66. The van der Waals surface area contributed by atoms with Gasteiger partial charge in [-0.05, 0) is 25.7 Å². The maximum atomic E-state index is 11.8. The SMILES string of the molecule is O=C(NCC1(C(=O)O)CCC1)C1CCCC1. The van der Waals surface area contributed by atoms with E-state index in [4.69, 9.17) is 5.11 Å². The van der Waals surface area contributed by atoms with Crippen LogP contribution in [0.25, 0.3) is 0 Å². The molecule has 0 aromatic carbocycles. The van der Waals surface area contributed by atoms with Crippen molar-refractivity contribution in [1.29, 1.82) is 0 Å². The Balaban J connectivity index is 1.81. The molecular formula is C12H19NO3. The highest BCUT2D eigenvalue weighted by atomic mass is 16.4. The summed E-state index contributed by atoms with van der Waals surface area (Å²) in [5.74, 6) is -0.568. The first-order valence-corrected chi connectivity index (χ1v) is 6.15. The molecule has 2 aliphatic rings. The van der Waals surface area contributed by atoms with Gasteiger partial charge in [0, 0.05) is 12.5 Å². The normalized spacial score (nSPS) is 23.8. The van der Waals surface area contributed by atoms with Crippen LogP contribution in [-0.4, -0.2) is 23.5 Å². The summed E-state index contributed by atoms with van der Waals surface area (Å²) in [7, 11) is 0. The molecule has 0 aromatic heterocycles. The molecule has 0 aromatic rings. The molecule has 2 fully saturated rings. The van der Waals surface area contributed by atoms with Crippen molar-refractivity contribution in [2.75, 3.05) is 6.54 Å². The summed E-state index contributed by atoms with van der Waals surface area (Å²) < 4.78 is 0. The Kier molecular flexibility index (Phi) is 3.17. The number of nitrogens with one attached hydrogen (secondary N) is 1. The molecule has 1 amide bonds. The summed E-state index contributed by atoms with van der Waals surface area (Å²) >= 11 is 0. The zero-order valence-electron chi connectivity index (χ0n) is 9.50. The lowest BCUT2D eigenvalue weighted by atomic mass is 9.68. The predicted molar refractivity (Wildman–Crippen MR) is 58.9 cm³/mol. The van der Waals surface area contributed by atoms with Crippen LogP contribution >= 0.6 is 0 Å². The lowest BCUT2D eigenvalue weighted by Crippen LogP contribution is -2.48. The molecule has 2 aliphatic carbocycles. The molecule has 0 aliphatic heterocycles. The highest BCUT2D eigenvalue weighted by Crippen LogP contribution is 2.40. The second kappa shape index (κ2) is 4.44. The first-order valence-electron chi connectivity index (χ1n) is 6.15. The van der Waals surface area contributed by atoms with Crippen LogP contribution in [0.3, 0.4) is 0 Å². The van der Waals surface area contributed by atoms with Crippen LogP contribution < -0.4 is 5.32 Å². The van der Waals surface area contributed by atoms with Gasteiger partial charge in [-0.15, -0.1) is 0 Å². The van der Waals surface area contributed by atoms with Gasteiger partial charge in [0.2, 0.25) is 5.91 Å². The van der Waals surface area contributed by atoms with Gasteiger partial charge in [0.25, 0.3) is 0 Å². The molecule has 0 radical (unpaired) electrons. The van der Waals surface area contributed by atoms with Gasteiger partial charge in [-0.25, -0.2) is 0 Å². The van der Waals surface area contributed by atoms with E-state index in [-0.39, 0.29) is 11.8 Å². The van der Waals surface area contributed by atoms with Crippen LogP contribution in [0.4, 0.5) is 0 Å². The topological polar surface area (TPSA) is 66.4 Å². The molecule has 4 nitrogen and oxygen atoms in total. The van der Waals surface area contributed by atoms with Gasteiger partial charge in [-0.3, -0.25) is 9.59 Å². The Bertz CT molecular complexity index is 291. The predicted octanol–water partition coefficient (Wildman–Crippen LogP) is 1.55. The molecule has 0 saturated heterocycles. The number of hydrogen-bond acceptors (Lipinski definition) is 2. The molecule has 90 valence electrons. The van der Waals surface area contributed by atoms with E-state index in [2.05, 4.69) is 5.32 Å². The highest BCUT2D eigenvalue weighted by molar-refractivity contribution is 5.81. The summed E-state index contributed by atoms with van der Waals surface area (Å²) in [5.41, 5.74) is -0.658. The van der Waals surface area contributed by atoms with Crippen molar-refractivity contribution < 1.29 is 14.7 Å². The summed E-state index contributed by atoms with van der Waals surface area (Å²) in [6.07, 6.45) is 6.55. The minimum absolute atomic E-state index is 0.0602. The molecule has 0 bridgehead atoms. The van der Waals surface area contributed by atoms with E-state index in [9.17, 15) is 9.59 Å². The second-order valence-corrected chi connectivity index (χ2v) is 5.14. The number of carboxylic acids is 1. The van der Waals surface area contributed by atoms with Crippen LogP contribution in [0, 0.1) is 11.3 Å². The van der Waals surface area contributed by atoms with Crippen LogP contribution in [-0.2, 0) is 9.59 Å². The average molecular weight is 225 g/mol. The monoisotopic (exact) mass is 225 g/mol. The van der Waals surface area contributed by atoms with Crippen molar-refractivity contribution in [3.8, 4) is 0 Å². The smallest absolute Gasteiger partial charge is 0.311 e. The van der Waals surface area contributed by atoms with Crippen molar-refractivity contribution in [3.63, 3.8) is 0 Å². The van der Waals surface area contributed by atoms with Crippen LogP contribution in [0.15, 0.2) is 0 Å². The number of carbonyl (C=O) groups excluding carboxylic acids is 1. The minimum atomic E-state index is -0.759. The summed E-state index contributed by atoms with van der Waals surface area (Å²) in [6.45, 7) is 0.317. The maximum absolute atomic E-state index is 11.8. The molecule has 2 rings (SSSR count). The van der Waals surface area contributed by atoms with E-state index in [0.717, 1.165) is 32.1 Å². The third-order valence-electron chi connectivity index (χ3n) is 4.09. The van der Waals surface area contributed by atoms with Crippen LogP contribution in [0.1, 0.15) is 44.9 Å². The Hall–Kier alpha value is -1.06. The van der Waals surface area contributed by atoms with E-state index in [1.165, 1.54) is 0 Å². The molecule has 0 heterocycles. The van der Waals surface area contributed by atoms with Gasteiger partial charge in [0.1, 0.15) is 0 Å². The fourth-order valence-electron chi connectivity index (χ4n) is 2.66. The number of aliphatic carboxylic acids is 1. The molecule has 16 heavy (non-hydrogen) atoms.